The zero-order valence-electron chi connectivity index (χ0n) is 18.3. The highest BCUT2D eigenvalue weighted by Crippen LogP contribution is 2.34. The molecule has 1 saturated heterocycles. The molecule has 8 nitrogen and oxygen atoms in total. The molecule has 0 saturated carbocycles. The van der Waals surface area contributed by atoms with Gasteiger partial charge in [0.25, 0.3) is 0 Å². The monoisotopic (exact) mass is 436 g/mol. The van der Waals surface area contributed by atoms with Crippen molar-refractivity contribution in [3.05, 3.63) is 66.2 Å². The molecular weight excluding hydrogens is 408 g/mol. The fourth-order valence-corrected chi connectivity index (χ4v) is 3.89. The first-order valence-electron chi connectivity index (χ1n) is 10.7. The highest BCUT2D eigenvalue weighted by Gasteiger charge is 2.24. The van der Waals surface area contributed by atoms with Crippen LogP contribution in [0.3, 0.4) is 0 Å². The number of nitrogens with one attached hydrogen (secondary N) is 1. The second-order valence-corrected chi connectivity index (χ2v) is 7.70. The number of nitrogens with zero attached hydrogens (tertiary/aromatic N) is 3. The summed E-state index contributed by atoms with van der Waals surface area (Å²) in [4.78, 5) is 20.9. The van der Waals surface area contributed by atoms with Crippen LogP contribution in [0, 0.1) is 6.92 Å². The second kappa shape index (κ2) is 9.74. The summed E-state index contributed by atoms with van der Waals surface area (Å²) in [5, 5.41) is 12.6. The zero-order valence-corrected chi connectivity index (χ0v) is 18.3. The first kappa shape index (κ1) is 21.7. The number of ether oxygens (including phenoxy) is 1. The molecule has 0 bridgehead atoms. The molecular formula is C24H28N4O4. The van der Waals surface area contributed by atoms with Crippen LogP contribution in [-0.2, 0) is 0 Å². The number of carbonyl (C=O) groups excluding carboxylic acids is 1. The molecule has 3 aromatic rings. The molecule has 32 heavy (non-hydrogen) atoms. The Balaban J connectivity index is 1.38. The van der Waals surface area contributed by atoms with Gasteiger partial charge in [-0.15, -0.1) is 0 Å². The standard InChI is InChI=1S/C24H28N4O4/c1-17-25-15-23(32-17)20-9-8-19(14-22(20)31-2)27-10-12-28(13-11-27)24(30)26-21(16-29)18-6-4-3-5-7-18/h3-9,14-15,21,29H,10-13,16H2,1-2H3,(H,26,30)/t21-/m1/s1. The number of aromatic nitrogens is 1. The summed E-state index contributed by atoms with van der Waals surface area (Å²) in [5.74, 6) is 1.99. The number of urea groups is 1. The molecule has 1 aliphatic heterocycles. The number of hydrogen-bond donors (Lipinski definition) is 2. The molecule has 4 rings (SSSR count). The van der Waals surface area contributed by atoms with Gasteiger partial charge < -0.3 is 29.4 Å². The molecule has 8 heteroatoms. The molecule has 2 N–H and O–H groups in total. The number of rotatable bonds is 6. The average Bonchev–Trinajstić information content (AvgIpc) is 3.28. The van der Waals surface area contributed by atoms with E-state index in [1.807, 2.05) is 55.5 Å². The Bertz CT molecular complexity index is 1050. The number of carbonyl (C=O) groups is 1. The van der Waals surface area contributed by atoms with E-state index < -0.39 is 6.04 Å². The summed E-state index contributed by atoms with van der Waals surface area (Å²) in [6.45, 7) is 4.24. The minimum atomic E-state index is -0.418. The Morgan fingerprint density at radius 3 is 2.56 bits per heavy atom. The number of aliphatic hydroxyl groups excluding tert-OH is 1. The van der Waals surface area contributed by atoms with E-state index in [1.54, 1.807) is 18.2 Å². The number of amides is 2. The molecule has 1 fully saturated rings. The molecule has 0 radical (unpaired) electrons. The van der Waals surface area contributed by atoms with Crippen molar-refractivity contribution in [1.82, 2.24) is 15.2 Å². The van der Waals surface area contributed by atoms with Crippen LogP contribution in [-0.4, -0.2) is 60.9 Å². The van der Waals surface area contributed by atoms with E-state index >= 15 is 0 Å². The van der Waals surface area contributed by atoms with Gasteiger partial charge in [0, 0.05) is 44.9 Å². The maximum absolute atomic E-state index is 12.7. The van der Waals surface area contributed by atoms with Crippen LogP contribution in [0.1, 0.15) is 17.5 Å². The van der Waals surface area contributed by atoms with E-state index in [4.69, 9.17) is 9.15 Å². The van der Waals surface area contributed by atoms with Crippen LogP contribution in [0.25, 0.3) is 11.3 Å². The average molecular weight is 437 g/mol. The van der Waals surface area contributed by atoms with Gasteiger partial charge in [0.15, 0.2) is 11.7 Å². The number of methoxy groups -OCH3 is 1. The van der Waals surface area contributed by atoms with E-state index in [0.717, 1.165) is 16.8 Å². The number of anilines is 1. The van der Waals surface area contributed by atoms with Crippen LogP contribution < -0.4 is 15.0 Å². The number of aliphatic hydroxyl groups is 1. The Morgan fingerprint density at radius 2 is 1.94 bits per heavy atom. The molecule has 2 aromatic carbocycles. The van der Waals surface area contributed by atoms with Crippen molar-refractivity contribution in [3.8, 4) is 17.1 Å². The number of hydrogen-bond acceptors (Lipinski definition) is 6. The van der Waals surface area contributed by atoms with E-state index in [1.165, 1.54) is 0 Å². The first-order valence-corrected chi connectivity index (χ1v) is 10.7. The van der Waals surface area contributed by atoms with Gasteiger partial charge in [0.2, 0.25) is 0 Å². The van der Waals surface area contributed by atoms with Crippen molar-refractivity contribution >= 4 is 11.7 Å². The van der Waals surface area contributed by atoms with Crippen molar-refractivity contribution < 1.29 is 19.1 Å². The molecule has 2 heterocycles. The fraction of sp³-hybridized carbons (Fsp3) is 0.333. The van der Waals surface area contributed by atoms with E-state index in [9.17, 15) is 9.90 Å². The van der Waals surface area contributed by atoms with Gasteiger partial charge >= 0.3 is 6.03 Å². The molecule has 1 aromatic heterocycles. The molecule has 0 unspecified atom stereocenters. The summed E-state index contributed by atoms with van der Waals surface area (Å²) in [6, 6.07) is 14.9. The maximum Gasteiger partial charge on any atom is 0.318 e. The lowest BCUT2D eigenvalue weighted by Crippen LogP contribution is -2.52. The van der Waals surface area contributed by atoms with Crippen molar-refractivity contribution in [2.24, 2.45) is 0 Å². The lowest BCUT2D eigenvalue weighted by Gasteiger charge is -2.37. The lowest BCUT2D eigenvalue weighted by molar-refractivity contribution is 0.179. The van der Waals surface area contributed by atoms with Crippen LogP contribution >= 0.6 is 0 Å². The second-order valence-electron chi connectivity index (χ2n) is 7.70. The number of oxazole rings is 1. The van der Waals surface area contributed by atoms with Crippen molar-refractivity contribution in [3.63, 3.8) is 0 Å². The summed E-state index contributed by atoms with van der Waals surface area (Å²) >= 11 is 0. The van der Waals surface area contributed by atoms with Gasteiger partial charge in [-0.05, 0) is 17.7 Å². The minimum absolute atomic E-state index is 0.146. The quantitative estimate of drug-likeness (QED) is 0.617. The summed E-state index contributed by atoms with van der Waals surface area (Å²) in [5.41, 5.74) is 2.77. The predicted molar refractivity (Wildman–Crippen MR) is 122 cm³/mol. The van der Waals surface area contributed by atoms with Gasteiger partial charge in [-0.3, -0.25) is 0 Å². The maximum atomic E-state index is 12.7. The molecule has 2 amide bonds. The van der Waals surface area contributed by atoms with Crippen molar-refractivity contribution in [2.45, 2.75) is 13.0 Å². The van der Waals surface area contributed by atoms with Gasteiger partial charge in [0.1, 0.15) is 5.75 Å². The SMILES string of the molecule is COc1cc(N2CCN(C(=O)N[C@H](CO)c3ccccc3)CC2)ccc1-c1cnc(C)o1. The summed E-state index contributed by atoms with van der Waals surface area (Å²) in [6.07, 6.45) is 1.69. The topological polar surface area (TPSA) is 91.1 Å². The number of aryl methyl sites for hydroxylation is 1. The molecule has 1 aliphatic rings. The molecule has 1 atom stereocenters. The first-order chi connectivity index (χ1) is 15.6. The van der Waals surface area contributed by atoms with Crippen LogP contribution in [0.4, 0.5) is 10.5 Å². The van der Waals surface area contributed by atoms with Gasteiger partial charge in [-0.1, -0.05) is 30.3 Å². The third-order valence-corrected chi connectivity index (χ3v) is 5.69. The van der Waals surface area contributed by atoms with Crippen LogP contribution in [0.15, 0.2) is 59.1 Å². The molecule has 0 spiro atoms. The van der Waals surface area contributed by atoms with E-state index in [-0.39, 0.29) is 12.6 Å². The van der Waals surface area contributed by atoms with Crippen LogP contribution in [0.2, 0.25) is 0 Å². The van der Waals surface area contributed by atoms with Gasteiger partial charge in [-0.2, -0.15) is 0 Å². The molecule has 0 aliphatic carbocycles. The van der Waals surface area contributed by atoms with Gasteiger partial charge in [-0.25, -0.2) is 9.78 Å². The highest BCUT2D eigenvalue weighted by atomic mass is 16.5. The molecule has 168 valence electrons. The third kappa shape index (κ3) is 4.70. The van der Waals surface area contributed by atoms with E-state index in [0.29, 0.717) is 43.6 Å². The van der Waals surface area contributed by atoms with Gasteiger partial charge in [0.05, 0.1) is 31.5 Å². The van der Waals surface area contributed by atoms with Crippen LogP contribution in [0.5, 0.6) is 5.75 Å². The summed E-state index contributed by atoms with van der Waals surface area (Å²) < 4.78 is 11.2. The highest BCUT2D eigenvalue weighted by molar-refractivity contribution is 5.75. The van der Waals surface area contributed by atoms with Crippen molar-refractivity contribution in [2.75, 3.05) is 44.8 Å². The Morgan fingerprint density at radius 1 is 1.19 bits per heavy atom. The Hall–Kier alpha value is -3.52. The zero-order chi connectivity index (χ0) is 22.5. The van der Waals surface area contributed by atoms with E-state index in [2.05, 4.69) is 15.2 Å². The minimum Gasteiger partial charge on any atom is -0.496 e. The Labute approximate surface area is 187 Å². The summed E-state index contributed by atoms with van der Waals surface area (Å²) in [7, 11) is 1.64. The largest absolute Gasteiger partial charge is 0.496 e. The normalized spacial score (nSPS) is 14.8. The number of piperazine rings is 1. The van der Waals surface area contributed by atoms with Crippen molar-refractivity contribution in [1.29, 1.82) is 0 Å². The number of benzene rings is 2. The smallest absolute Gasteiger partial charge is 0.318 e. The predicted octanol–water partition coefficient (Wildman–Crippen LogP) is 3.22. The third-order valence-electron chi connectivity index (χ3n) is 5.69. The fourth-order valence-electron chi connectivity index (χ4n) is 3.89. The lowest BCUT2D eigenvalue weighted by atomic mass is 10.1. The Kier molecular flexibility index (Phi) is 6.61.